The Labute approximate surface area is 122 Å². The maximum Gasteiger partial charge on any atom is 0.145 e. The van der Waals surface area contributed by atoms with E-state index in [4.69, 9.17) is 4.74 Å². The summed E-state index contributed by atoms with van der Waals surface area (Å²) in [6.45, 7) is 0. The summed E-state index contributed by atoms with van der Waals surface area (Å²) in [6, 6.07) is 7.41. The fourth-order valence-corrected chi connectivity index (χ4v) is 1.91. The van der Waals surface area contributed by atoms with Crippen molar-refractivity contribution >= 4 is 5.82 Å². The highest BCUT2D eigenvalue weighted by atomic mass is 16.5. The molecule has 0 saturated carbocycles. The van der Waals surface area contributed by atoms with E-state index in [9.17, 15) is 0 Å². The van der Waals surface area contributed by atoms with Gasteiger partial charge in [0.05, 0.1) is 18.1 Å². The SMILES string of the molecule is CNc1ccc(Oc2ccnc(-c3cnn(C)c3)c2)cn1. The molecule has 0 radical (unpaired) electrons. The number of hydrogen-bond donors (Lipinski definition) is 1. The van der Waals surface area contributed by atoms with E-state index in [1.54, 1.807) is 23.3 Å². The van der Waals surface area contributed by atoms with Crippen LogP contribution in [0.1, 0.15) is 0 Å². The smallest absolute Gasteiger partial charge is 0.145 e. The summed E-state index contributed by atoms with van der Waals surface area (Å²) in [5.41, 5.74) is 1.77. The van der Waals surface area contributed by atoms with Gasteiger partial charge in [-0.2, -0.15) is 5.10 Å². The van der Waals surface area contributed by atoms with E-state index in [1.165, 1.54) is 0 Å². The lowest BCUT2D eigenvalue weighted by Gasteiger charge is -2.07. The molecule has 0 aliphatic heterocycles. The topological polar surface area (TPSA) is 64.9 Å². The number of nitrogens with one attached hydrogen (secondary N) is 1. The van der Waals surface area contributed by atoms with Crippen LogP contribution in [0, 0.1) is 0 Å². The molecule has 1 N–H and O–H groups in total. The minimum atomic E-state index is 0.678. The molecule has 106 valence electrons. The van der Waals surface area contributed by atoms with Gasteiger partial charge in [0, 0.05) is 38.1 Å². The predicted molar refractivity (Wildman–Crippen MR) is 80.3 cm³/mol. The van der Waals surface area contributed by atoms with Crippen LogP contribution in [0.25, 0.3) is 11.3 Å². The molecular formula is C15H15N5O. The third-order valence-electron chi connectivity index (χ3n) is 2.96. The van der Waals surface area contributed by atoms with Crippen molar-refractivity contribution in [3.8, 4) is 22.8 Å². The van der Waals surface area contributed by atoms with E-state index in [1.807, 2.05) is 44.6 Å². The molecule has 0 unspecified atom stereocenters. The van der Waals surface area contributed by atoms with E-state index in [2.05, 4.69) is 20.4 Å². The second-order valence-corrected chi connectivity index (χ2v) is 4.51. The molecule has 0 amide bonds. The second kappa shape index (κ2) is 5.62. The summed E-state index contributed by atoms with van der Waals surface area (Å²) in [7, 11) is 3.70. The molecular weight excluding hydrogens is 266 g/mol. The molecule has 6 nitrogen and oxygen atoms in total. The van der Waals surface area contributed by atoms with Crippen LogP contribution in [0.15, 0.2) is 49.1 Å². The summed E-state index contributed by atoms with van der Waals surface area (Å²) >= 11 is 0. The minimum Gasteiger partial charge on any atom is -0.456 e. The lowest BCUT2D eigenvalue weighted by Crippen LogP contribution is -1.92. The molecule has 0 spiro atoms. The summed E-state index contributed by atoms with van der Waals surface area (Å²) in [5.74, 6) is 2.19. The Hall–Kier alpha value is -2.89. The molecule has 21 heavy (non-hydrogen) atoms. The van der Waals surface area contributed by atoms with Crippen molar-refractivity contribution in [3.05, 3.63) is 49.1 Å². The third kappa shape index (κ3) is 3.00. The Morgan fingerprint density at radius 2 is 2.00 bits per heavy atom. The highest BCUT2D eigenvalue weighted by Gasteiger charge is 2.05. The van der Waals surface area contributed by atoms with Crippen LogP contribution < -0.4 is 10.1 Å². The van der Waals surface area contributed by atoms with Crippen LogP contribution in [0.3, 0.4) is 0 Å². The monoisotopic (exact) mass is 281 g/mol. The number of ether oxygens (including phenoxy) is 1. The largest absolute Gasteiger partial charge is 0.456 e. The normalized spacial score (nSPS) is 10.4. The molecule has 0 saturated heterocycles. The number of anilines is 1. The zero-order valence-electron chi connectivity index (χ0n) is 11.8. The van der Waals surface area contributed by atoms with Crippen LogP contribution in [0.2, 0.25) is 0 Å². The van der Waals surface area contributed by atoms with Gasteiger partial charge in [0.15, 0.2) is 0 Å². The molecule has 3 heterocycles. The minimum absolute atomic E-state index is 0.678. The maximum absolute atomic E-state index is 5.79. The molecule has 6 heteroatoms. The van der Waals surface area contributed by atoms with Gasteiger partial charge in [-0.3, -0.25) is 9.67 Å². The molecule has 0 aromatic carbocycles. The van der Waals surface area contributed by atoms with E-state index in [-0.39, 0.29) is 0 Å². The van der Waals surface area contributed by atoms with Gasteiger partial charge in [-0.15, -0.1) is 0 Å². The Kier molecular flexibility index (Phi) is 3.51. The summed E-state index contributed by atoms with van der Waals surface area (Å²) in [6.07, 6.45) is 7.08. The molecule has 3 rings (SSSR count). The van der Waals surface area contributed by atoms with E-state index in [0.29, 0.717) is 11.5 Å². The second-order valence-electron chi connectivity index (χ2n) is 4.51. The number of nitrogens with zero attached hydrogens (tertiary/aromatic N) is 4. The van der Waals surface area contributed by atoms with Gasteiger partial charge in [-0.1, -0.05) is 0 Å². The lowest BCUT2D eigenvalue weighted by atomic mass is 10.2. The summed E-state index contributed by atoms with van der Waals surface area (Å²) < 4.78 is 7.53. The van der Waals surface area contributed by atoms with E-state index < -0.39 is 0 Å². The van der Waals surface area contributed by atoms with Crippen molar-refractivity contribution in [3.63, 3.8) is 0 Å². The van der Waals surface area contributed by atoms with Crippen molar-refractivity contribution in [2.75, 3.05) is 12.4 Å². The zero-order chi connectivity index (χ0) is 14.7. The summed E-state index contributed by atoms with van der Waals surface area (Å²) in [4.78, 5) is 8.55. The average molecular weight is 281 g/mol. The van der Waals surface area contributed by atoms with Crippen molar-refractivity contribution in [1.29, 1.82) is 0 Å². The first-order valence-electron chi connectivity index (χ1n) is 6.51. The molecule has 0 aliphatic carbocycles. The van der Waals surface area contributed by atoms with Crippen LogP contribution in [0.4, 0.5) is 5.82 Å². The van der Waals surface area contributed by atoms with E-state index in [0.717, 1.165) is 17.1 Å². The van der Waals surface area contributed by atoms with E-state index >= 15 is 0 Å². The fraction of sp³-hybridized carbons (Fsp3) is 0.133. The fourth-order valence-electron chi connectivity index (χ4n) is 1.91. The molecule has 0 atom stereocenters. The van der Waals surface area contributed by atoms with Crippen LogP contribution in [-0.4, -0.2) is 26.8 Å². The van der Waals surface area contributed by atoms with Crippen LogP contribution in [-0.2, 0) is 7.05 Å². The van der Waals surface area contributed by atoms with Gasteiger partial charge < -0.3 is 10.1 Å². The average Bonchev–Trinajstić information content (AvgIpc) is 2.95. The first kappa shape index (κ1) is 13.1. The number of rotatable bonds is 4. The Balaban J connectivity index is 1.82. The van der Waals surface area contributed by atoms with Gasteiger partial charge in [-0.25, -0.2) is 4.98 Å². The number of aromatic nitrogens is 4. The first-order valence-corrected chi connectivity index (χ1v) is 6.51. The molecule has 3 aromatic heterocycles. The van der Waals surface area contributed by atoms with Crippen molar-refractivity contribution in [1.82, 2.24) is 19.7 Å². The Bertz CT molecular complexity index is 736. The third-order valence-corrected chi connectivity index (χ3v) is 2.96. The zero-order valence-corrected chi connectivity index (χ0v) is 11.8. The Morgan fingerprint density at radius 3 is 2.67 bits per heavy atom. The van der Waals surface area contributed by atoms with Crippen molar-refractivity contribution in [2.45, 2.75) is 0 Å². The maximum atomic E-state index is 5.79. The molecule has 0 fully saturated rings. The number of pyridine rings is 2. The van der Waals surface area contributed by atoms with Crippen molar-refractivity contribution in [2.24, 2.45) is 7.05 Å². The van der Waals surface area contributed by atoms with Gasteiger partial charge in [-0.05, 0) is 18.2 Å². The van der Waals surface area contributed by atoms with Crippen LogP contribution in [0.5, 0.6) is 11.5 Å². The molecule has 0 aliphatic rings. The lowest BCUT2D eigenvalue weighted by molar-refractivity contribution is 0.480. The van der Waals surface area contributed by atoms with Gasteiger partial charge in [0.25, 0.3) is 0 Å². The predicted octanol–water partition coefficient (Wildman–Crippen LogP) is 2.71. The molecule has 3 aromatic rings. The number of hydrogen-bond acceptors (Lipinski definition) is 5. The Morgan fingerprint density at radius 1 is 1.10 bits per heavy atom. The number of aryl methyl sites for hydroxylation is 1. The van der Waals surface area contributed by atoms with Gasteiger partial charge in [0.1, 0.15) is 17.3 Å². The van der Waals surface area contributed by atoms with Crippen molar-refractivity contribution < 1.29 is 4.74 Å². The van der Waals surface area contributed by atoms with Gasteiger partial charge in [0.2, 0.25) is 0 Å². The highest BCUT2D eigenvalue weighted by molar-refractivity contribution is 5.58. The van der Waals surface area contributed by atoms with Crippen LogP contribution >= 0.6 is 0 Å². The highest BCUT2D eigenvalue weighted by Crippen LogP contribution is 2.25. The van der Waals surface area contributed by atoms with Gasteiger partial charge >= 0.3 is 0 Å². The first-order chi connectivity index (χ1) is 10.2. The summed E-state index contributed by atoms with van der Waals surface area (Å²) in [5, 5.41) is 7.11. The molecule has 0 bridgehead atoms. The quantitative estimate of drug-likeness (QED) is 0.796. The standard InChI is InChI=1S/C15H15N5O/c1-16-15-4-3-13(9-18-15)21-12-5-6-17-14(7-12)11-8-19-20(2)10-11/h3-10H,1-2H3,(H,16,18).